The number of methoxy groups -OCH3 is 1. The topological polar surface area (TPSA) is 64.4 Å². The summed E-state index contributed by atoms with van der Waals surface area (Å²) in [5.74, 6) is 0.609. The summed E-state index contributed by atoms with van der Waals surface area (Å²) in [6.45, 7) is 5.14. The number of para-hydroxylation sites is 1. The largest absolute Gasteiger partial charge is 0.495 e. The monoisotopic (exact) mass is 485 g/mol. The lowest BCUT2D eigenvalue weighted by Crippen LogP contribution is -2.40. The van der Waals surface area contributed by atoms with Crippen LogP contribution in [0.3, 0.4) is 0 Å². The van der Waals surface area contributed by atoms with E-state index in [1.165, 1.54) is 22.9 Å². The Hall–Kier alpha value is -3.58. The number of ether oxygens (including phenoxy) is 1. The molecule has 0 bridgehead atoms. The van der Waals surface area contributed by atoms with E-state index in [9.17, 15) is 9.59 Å². The van der Waals surface area contributed by atoms with Gasteiger partial charge in [-0.2, -0.15) is 0 Å². The summed E-state index contributed by atoms with van der Waals surface area (Å²) in [4.78, 5) is 33.8. The molecular weight excluding hydrogens is 458 g/mol. The van der Waals surface area contributed by atoms with Gasteiger partial charge in [-0.25, -0.2) is 4.98 Å². The fourth-order valence-electron chi connectivity index (χ4n) is 4.53. The van der Waals surface area contributed by atoms with Crippen molar-refractivity contribution in [2.24, 2.45) is 0 Å². The molecule has 0 radical (unpaired) electrons. The second kappa shape index (κ2) is 9.58. The van der Waals surface area contributed by atoms with Crippen LogP contribution in [0, 0.1) is 6.92 Å². The number of amides is 1. The number of benzene rings is 3. The number of aromatic nitrogens is 2. The first kappa shape index (κ1) is 23.2. The van der Waals surface area contributed by atoms with Crippen LogP contribution in [0.1, 0.15) is 23.6 Å². The molecule has 35 heavy (non-hydrogen) atoms. The molecule has 0 fully saturated rings. The van der Waals surface area contributed by atoms with Crippen LogP contribution < -0.4 is 10.3 Å². The van der Waals surface area contributed by atoms with Crippen molar-refractivity contribution in [1.29, 1.82) is 0 Å². The highest BCUT2D eigenvalue weighted by molar-refractivity contribution is 8.00. The molecule has 0 spiro atoms. The van der Waals surface area contributed by atoms with Gasteiger partial charge in [0.05, 0.1) is 29.0 Å². The van der Waals surface area contributed by atoms with E-state index < -0.39 is 5.25 Å². The Balaban J connectivity index is 1.54. The van der Waals surface area contributed by atoms with Crippen molar-refractivity contribution in [3.8, 4) is 11.4 Å². The molecule has 1 atom stereocenters. The first-order valence-electron chi connectivity index (χ1n) is 11.7. The van der Waals surface area contributed by atoms with E-state index in [4.69, 9.17) is 9.72 Å². The molecular formula is C28H27N3O3S. The second-order valence-corrected chi connectivity index (χ2v) is 10.1. The summed E-state index contributed by atoms with van der Waals surface area (Å²) in [6, 6.07) is 21.3. The Morgan fingerprint density at radius 2 is 1.80 bits per heavy atom. The molecule has 1 amide bonds. The summed E-state index contributed by atoms with van der Waals surface area (Å²) in [5, 5.41) is 0.568. The van der Waals surface area contributed by atoms with Gasteiger partial charge in [0, 0.05) is 13.1 Å². The molecule has 5 rings (SSSR count). The molecule has 1 aliphatic heterocycles. The molecule has 0 saturated carbocycles. The smallest absolute Gasteiger partial charge is 0.266 e. The number of fused-ring (bicyclic) bond motifs is 2. The Morgan fingerprint density at radius 1 is 1.06 bits per heavy atom. The Morgan fingerprint density at radius 3 is 2.60 bits per heavy atom. The first-order valence-corrected chi connectivity index (χ1v) is 12.5. The van der Waals surface area contributed by atoms with Gasteiger partial charge in [-0.05, 0) is 61.2 Å². The van der Waals surface area contributed by atoms with Crippen molar-refractivity contribution in [2.75, 3.05) is 13.7 Å². The zero-order valence-corrected chi connectivity index (χ0v) is 20.8. The third-order valence-electron chi connectivity index (χ3n) is 6.39. The van der Waals surface area contributed by atoms with Gasteiger partial charge in [0.2, 0.25) is 5.91 Å². The first-order chi connectivity index (χ1) is 17.0. The van der Waals surface area contributed by atoms with Crippen LogP contribution in [-0.4, -0.2) is 39.3 Å². The summed E-state index contributed by atoms with van der Waals surface area (Å²) < 4.78 is 7.16. The summed E-state index contributed by atoms with van der Waals surface area (Å²) in [6.07, 6.45) is 0.846. The second-order valence-electron chi connectivity index (χ2n) is 8.77. The highest BCUT2D eigenvalue weighted by atomic mass is 32.2. The lowest BCUT2D eigenvalue weighted by Gasteiger charge is -2.30. The zero-order valence-electron chi connectivity index (χ0n) is 20.0. The molecule has 1 aliphatic rings. The van der Waals surface area contributed by atoms with Crippen molar-refractivity contribution in [3.05, 3.63) is 93.8 Å². The molecule has 0 N–H and O–H groups in total. The van der Waals surface area contributed by atoms with Gasteiger partial charge in [-0.15, -0.1) is 0 Å². The Labute approximate surface area is 208 Å². The van der Waals surface area contributed by atoms with Gasteiger partial charge in [0.25, 0.3) is 5.56 Å². The van der Waals surface area contributed by atoms with E-state index in [-0.39, 0.29) is 11.5 Å². The number of carbonyl (C=O) groups is 1. The van der Waals surface area contributed by atoms with E-state index in [0.29, 0.717) is 40.6 Å². The van der Waals surface area contributed by atoms with E-state index in [1.54, 1.807) is 17.7 Å². The SMILES string of the molecule is COc1ccc(C)cc1-n1c(S[C@H](C)C(=O)N2CCc3ccccc3C2)nc2ccccc2c1=O. The molecule has 0 aliphatic carbocycles. The van der Waals surface area contributed by atoms with E-state index >= 15 is 0 Å². The molecule has 0 unspecified atom stereocenters. The van der Waals surface area contributed by atoms with E-state index in [0.717, 1.165) is 12.0 Å². The van der Waals surface area contributed by atoms with Crippen LogP contribution in [-0.2, 0) is 17.8 Å². The highest BCUT2D eigenvalue weighted by Gasteiger charge is 2.27. The predicted molar refractivity (Wildman–Crippen MR) is 140 cm³/mol. The normalized spacial score (nSPS) is 14.0. The predicted octanol–water partition coefficient (Wildman–Crippen LogP) is 4.77. The Kier molecular flexibility index (Phi) is 6.34. The average Bonchev–Trinajstić information content (AvgIpc) is 2.88. The van der Waals surface area contributed by atoms with Crippen LogP contribution in [0.4, 0.5) is 0 Å². The van der Waals surface area contributed by atoms with Crippen molar-refractivity contribution in [2.45, 2.75) is 37.2 Å². The molecule has 178 valence electrons. The molecule has 6 nitrogen and oxygen atoms in total. The van der Waals surface area contributed by atoms with Crippen molar-refractivity contribution < 1.29 is 9.53 Å². The molecule has 2 heterocycles. The number of carbonyl (C=O) groups excluding carboxylic acids is 1. The third kappa shape index (κ3) is 4.44. The van der Waals surface area contributed by atoms with Gasteiger partial charge >= 0.3 is 0 Å². The van der Waals surface area contributed by atoms with E-state index in [1.807, 2.05) is 67.3 Å². The van der Waals surface area contributed by atoms with Gasteiger partial charge in [-0.1, -0.05) is 54.2 Å². The quantitative estimate of drug-likeness (QED) is 0.301. The minimum absolute atomic E-state index is 0.0367. The fourth-order valence-corrected chi connectivity index (χ4v) is 5.53. The number of rotatable bonds is 5. The zero-order chi connectivity index (χ0) is 24.5. The van der Waals surface area contributed by atoms with Crippen molar-refractivity contribution >= 4 is 28.6 Å². The number of thioether (sulfide) groups is 1. The van der Waals surface area contributed by atoms with Crippen LogP contribution >= 0.6 is 11.8 Å². The maximum Gasteiger partial charge on any atom is 0.266 e. The number of hydrogen-bond donors (Lipinski definition) is 0. The van der Waals surface area contributed by atoms with Gasteiger partial charge in [0.1, 0.15) is 5.75 Å². The molecule has 3 aromatic carbocycles. The van der Waals surface area contributed by atoms with E-state index in [2.05, 4.69) is 12.1 Å². The minimum atomic E-state index is -0.421. The van der Waals surface area contributed by atoms with Crippen LogP contribution in [0.25, 0.3) is 16.6 Å². The van der Waals surface area contributed by atoms with Crippen LogP contribution in [0.15, 0.2) is 76.7 Å². The summed E-state index contributed by atoms with van der Waals surface area (Å²) >= 11 is 1.31. The van der Waals surface area contributed by atoms with Crippen LogP contribution in [0.5, 0.6) is 5.75 Å². The van der Waals surface area contributed by atoms with Crippen molar-refractivity contribution in [3.63, 3.8) is 0 Å². The average molecular weight is 486 g/mol. The lowest BCUT2D eigenvalue weighted by atomic mass is 10.00. The van der Waals surface area contributed by atoms with Gasteiger partial charge < -0.3 is 9.64 Å². The number of aryl methyl sites for hydroxylation is 1. The minimum Gasteiger partial charge on any atom is -0.495 e. The maximum atomic E-state index is 13.7. The van der Waals surface area contributed by atoms with Crippen molar-refractivity contribution in [1.82, 2.24) is 14.5 Å². The fraction of sp³-hybridized carbons (Fsp3) is 0.250. The number of hydrogen-bond acceptors (Lipinski definition) is 5. The number of nitrogens with zero attached hydrogens (tertiary/aromatic N) is 3. The lowest BCUT2D eigenvalue weighted by molar-refractivity contribution is -0.131. The maximum absolute atomic E-state index is 13.7. The van der Waals surface area contributed by atoms with Gasteiger partial charge in [0.15, 0.2) is 5.16 Å². The standard InChI is InChI=1S/C28H27N3O3S/c1-18-12-13-25(34-3)24(16-18)31-27(33)22-10-6-7-11-23(22)29-28(31)35-19(2)26(32)30-15-14-20-8-4-5-9-21(20)17-30/h4-13,16,19H,14-15,17H2,1-3H3/t19-/m1/s1. The molecule has 7 heteroatoms. The molecule has 1 aromatic heterocycles. The summed E-state index contributed by atoms with van der Waals surface area (Å²) in [5.41, 5.74) is 4.52. The Bertz CT molecular complexity index is 1480. The molecule has 0 saturated heterocycles. The molecule has 4 aromatic rings. The van der Waals surface area contributed by atoms with Crippen LogP contribution in [0.2, 0.25) is 0 Å². The summed E-state index contributed by atoms with van der Waals surface area (Å²) in [7, 11) is 1.58. The highest BCUT2D eigenvalue weighted by Crippen LogP contribution is 2.31. The third-order valence-corrected chi connectivity index (χ3v) is 7.43. The van der Waals surface area contributed by atoms with Gasteiger partial charge in [-0.3, -0.25) is 14.2 Å².